The molecule has 2 unspecified atom stereocenters. The van der Waals surface area contributed by atoms with Crippen LogP contribution in [0.4, 0.5) is 0 Å². The fourth-order valence-corrected chi connectivity index (χ4v) is 1.98. The van der Waals surface area contributed by atoms with Crippen LogP contribution in [0.15, 0.2) is 0 Å². The molecule has 0 aromatic rings. The number of nitrogens with one attached hydrogen (secondary N) is 1. The number of carboxylic acids is 1. The molecule has 0 aliphatic heterocycles. The van der Waals surface area contributed by atoms with Gasteiger partial charge in [0.25, 0.3) is 5.91 Å². The van der Waals surface area contributed by atoms with Crippen LogP contribution in [0.3, 0.4) is 0 Å². The molecule has 3 amide bonds. The summed E-state index contributed by atoms with van der Waals surface area (Å²) in [6, 6.07) is -2.36. The maximum atomic E-state index is 12.4. The van der Waals surface area contributed by atoms with Gasteiger partial charge in [0, 0.05) is 19.1 Å². The third-order valence-electron chi connectivity index (χ3n) is 3.05. The average molecular weight is 377 g/mol. The molecule has 0 saturated heterocycles. The van der Waals surface area contributed by atoms with Gasteiger partial charge in [-0.1, -0.05) is 0 Å². The van der Waals surface area contributed by atoms with E-state index >= 15 is 0 Å². The quantitative estimate of drug-likeness (QED) is 0.266. The predicted molar refractivity (Wildman–Crippen MR) is 89.7 cm³/mol. The van der Waals surface area contributed by atoms with E-state index in [1.807, 2.05) is 0 Å². The molecule has 0 aliphatic rings. The molecular formula is C14H23N3O7S. The highest BCUT2D eigenvalue weighted by Crippen LogP contribution is 2.02. The third kappa shape index (κ3) is 8.49. The Kier molecular flexibility index (Phi) is 10.4. The Balaban J connectivity index is 4.84. The van der Waals surface area contributed by atoms with Gasteiger partial charge in [-0.05, 0) is 13.3 Å². The van der Waals surface area contributed by atoms with Crippen molar-refractivity contribution >= 4 is 42.3 Å². The molecule has 2 atom stereocenters. The summed E-state index contributed by atoms with van der Waals surface area (Å²) in [5, 5.41) is 11.0. The Labute approximate surface area is 150 Å². The zero-order valence-electron chi connectivity index (χ0n) is 14.1. The van der Waals surface area contributed by atoms with Crippen molar-refractivity contribution in [1.82, 2.24) is 10.2 Å². The SMILES string of the molecule is CCOC(=O)CN(C(C)=O)C(=O)C(CS)NC(=O)CCC(N)C(=O)O. The van der Waals surface area contributed by atoms with Gasteiger partial charge < -0.3 is 20.9 Å². The molecule has 142 valence electrons. The molecule has 0 aromatic heterocycles. The van der Waals surface area contributed by atoms with E-state index in [0.717, 1.165) is 6.92 Å². The molecule has 11 heteroatoms. The van der Waals surface area contributed by atoms with Crippen LogP contribution < -0.4 is 11.1 Å². The van der Waals surface area contributed by atoms with Crippen molar-refractivity contribution in [3.8, 4) is 0 Å². The Morgan fingerprint density at radius 1 is 1.28 bits per heavy atom. The van der Waals surface area contributed by atoms with Gasteiger partial charge in [0.15, 0.2) is 0 Å². The van der Waals surface area contributed by atoms with Gasteiger partial charge >= 0.3 is 11.9 Å². The Bertz CT molecular complexity index is 527. The molecule has 0 saturated carbocycles. The van der Waals surface area contributed by atoms with Gasteiger partial charge in [0.1, 0.15) is 18.6 Å². The molecule has 0 spiro atoms. The van der Waals surface area contributed by atoms with Gasteiger partial charge in [-0.2, -0.15) is 12.6 Å². The second kappa shape index (κ2) is 11.4. The van der Waals surface area contributed by atoms with Gasteiger partial charge in [-0.3, -0.25) is 28.9 Å². The van der Waals surface area contributed by atoms with E-state index in [9.17, 15) is 24.0 Å². The first kappa shape index (κ1) is 22.9. The molecule has 0 aromatic carbocycles. The molecule has 0 bridgehead atoms. The number of hydrogen-bond donors (Lipinski definition) is 4. The number of imide groups is 1. The minimum atomic E-state index is -1.24. The van der Waals surface area contributed by atoms with Crippen LogP contribution in [0, 0.1) is 0 Å². The normalized spacial score (nSPS) is 12.6. The fraction of sp³-hybridized carbons (Fsp3) is 0.643. The Hall–Kier alpha value is -2.14. The summed E-state index contributed by atoms with van der Waals surface area (Å²) in [6.45, 7) is 2.19. The summed E-state index contributed by atoms with van der Waals surface area (Å²) in [6.07, 6.45) is -0.336. The number of ether oxygens (including phenoxy) is 1. The number of nitrogens with two attached hydrogens (primary N) is 1. The van der Waals surface area contributed by atoms with Crippen molar-refractivity contribution in [2.75, 3.05) is 18.9 Å². The summed E-state index contributed by atoms with van der Waals surface area (Å²) >= 11 is 3.96. The number of carboxylic acid groups (broad SMARTS) is 1. The number of carbonyl (C=O) groups excluding carboxylic acids is 4. The lowest BCUT2D eigenvalue weighted by Gasteiger charge is -2.24. The standard InChI is InChI=1S/C14H23N3O7S/c1-3-24-12(20)6-17(8(2)18)13(21)10(7-25)16-11(19)5-4-9(15)14(22)23/h9-10,25H,3-7,15H2,1-2H3,(H,16,19)(H,22,23). The van der Waals surface area contributed by atoms with Gasteiger partial charge in [0.2, 0.25) is 11.8 Å². The molecule has 10 nitrogen and oxygen atoms in total. The van der Waals surface area contributed by atoms with E-state index in [4.69, 9.17) is 15.6 Å². The number of hydrogen-bond acceptors (Lipinski definition) is 8. The van der Waals surface area contributed by atoms with Crippen molar-refractivity contribution in [3.63, 3.8) is 0 Å². The number of esters is 1. The highest BCUT2D eigenvalue weighted by Gasteiger charge is 2.29. The van der Waals surface area contributed by atoms with Crippen LogP contribution in [-0.2, 0) is 28.7 Å². The lowest BCUT2D eigenvalue weighted by molar-refractivity contribution is -0.155. The van der Waals surface area contributed by atoms with E-state index in [1.54, 1.807) is 6.92 Å². The number of nitrogens with zero attached hydrogens (tertiary/aromatic N) is 1. The maximum Gasteiger partial charge on any atom is 0.326 e. The number of thiol groups is 1. The summed E-state index contributed by atoms with van der Waals surface area (Å²) in [5.41, 5.74) is 5.29. The number of aliphatic carboxylic acids is 1. The maximum absolute atomic E-state index is 12.4. The molecule has 0 radical (unpaired) electrons. The molecule has 0 aliphatic carbocycles. The van der Waals surface area contributed by atoms with Crippen LogP contribution >= 0.6 is 12.6 Å². The molecule has 25 heavy (non-hydrogen) atoms. The fourth-order valence-electron chi connectivity index (χ4n) is 1.73. The molecule has 0 rings (SSSR count). The van der Waals surface area contributed by atoms with Crippen molar-refractivity contribution in [3.05, 3.63) is 0 Å². The van der Waals surface area contributed by atoms with E-state index in [1.165, 1.54) is 0 Å². The highest BCUT2D eigenvalue weighted by molar-refractivity contribution is 7.80. The smallest absolute Gasteiger partial charge is 0.326 e. The van der Waals surface area contributed by atoms with E-state index in [2.05, 4.69) is 17.9 Å². The van der Waals surface area contributed by atoms with Gasteiger partial charge in [-0.15, -0.1) is 0 Å². The number of rotatable bonds is 10. The summed E-state index contributed by atoms with van der Waals surface area (Å²) in [4.78, 5) is 58.5. The predicted octanol–water partition coefficient (Wildman–Crippen LogP) is -1.47. The topological polar surface area (TPSA) is 156 Å². The molecule has 0 heterocycles. The first-order valence-electron chi connectivity index (χ1n) is 7.50. The van der Waals surface area contributed by atoms with Crippen molar-refractivity contribution < 1.29 is 33.8 Å². The monoisotopic (exact) mass is 377 g/mol. The highest BCUT2D eigenvalue weighted by atomic mass is 32.1. The average Bonchev–Trinajstić information content (AvgIpc) is 2.54. The van der Waals surface area contributed by atoms with E-state index in [-0.39, 0.29) is 25.2 Å². The van der Waals surface area contributed by atoms with Crippen molar-refractivity contribution in [2.45, 2.75) is 38.8 Å². The van der Waals surface area contributed by atoms with Crippen LogP contribution in [0.2, 0.25) is 0 Å². The Morgan fingerprint density at radius 3 is 2.32 bits per heavy atom. The van der Waals surface area contributed by atoms with E-state index in [0.29, 0.717) is 4.90 Å². The lowest BCUT2D eigenvalue weighted by atomic mass is 10.1. The second-order valence-corrected chi connectivity index (χ2v) is 5.40. The summed E-state index contributed by atoms with van der Waals surface area (Å²) < 4.78 is 4.69. The lowest BCUT2D eigenvalue weighted by Crippen LogP contribution is -2.52. The summed E-state index contributed by atoms with van der Waals surface area (Å²) in [7, 11) is 0. The Morgan fingerprint density at radius 2 is 1.88 bits per heavy atom. The first-order chi connectivity index (χ1) is 11.6. The second-order valence-electron chi connectivity index (χ2n) is 5.03. The largest absolute Gasteiger partial charge is 0.480 e. The van der Waals surface area contributed by atoms with Crippen LogP contribution in [0.1, 0.15) is 26.7 Å². The summed E-state index contributed by atoms with van der Waals surface area (Å²) in [5.74, 6) is -4.25. The number of amides is 3. The zero-order chi connectivity index (χ0) is 19.6. The van der Waals surface area contributed by atoms with Crippen molar-refractivity contribution in [2.24, 2.45) is 5.73 Å². The van der Waals surface area contributed by atoms with Gasteiger partial charge in [0.05, 0.1) is 6.61 Å². The van der Waals surface area contributed by atoms with Crippen LogP contribution in [0.5, 0.6) is 0 Å². The van der Waals surface area contributed by atoms with Crippen LogP contribution in [0.25, 0.3) is 0 Å². The van der Waals surface area contributed by atoms with Crippen LogP contribution in [-0.4, -0.2) is 70.7 Å². The van der Waals surface area contributed by atoms with Gasteiger partial charge in [-0.25, -0.2) is 0 Å². The molecule has 4 N–H and O–H groups in total. The number of carbonyl (C=O) groups is 5. The minimum absolute atomic E-state index is 0.0926. The molecular weight excluding hydrogens is 354 g/mol. The molecule has 0 fully saturated rings. The third-order valence-corrected chi connectivity index (χ3v) is 3.42. The van der Waals surface area contributed by atoms with Crippen molar-refractivity contribution in [1.29, 1.82) is 0 Å². The zero-order valence-corrected chi connectivity index (χ0v) is 15.0. The first-order valence-corrected chi connectivity index (χ1v) is 8.13. The minimum Gasteiger partial charge on any atom is -0.480 e. The van der Waals surface area contributed by atoms with E-state index < -0.39 is 48.3 Å².